The molecule has 0 amide bonds. The number of carbonyl (C=O) groups excluding carboxylic acids is 1. The summed E-state index contributed by atoms with van der Waals surface area (Å²) in [4.78, 5) is 25.5. The molecule has 0 bridgehead atoms. The molecule has 0 fully saturated rings. The summed E-state index contributed by atoms with van der Waals surface area (Å²) >= 11 is 0. The summed E-state index contributed by atoms with van der Waals surface area (Å²) < 4.78 is 27.4. The molecule has 0 aliphatic rings. The third-order valence-electron chi connectivity index (χ3n) is 5.67. The maximum absolute atomic E-state index is 12.8. The quantitative estimate of drug-likeness (QED) is 0.168. The molecule has 7 nitrogen and oxygen atoms in total. The van der Waals surface area contributed by atoms with Gasteiger partial charge in [0.15, 0.2) is 11.5 Å². The lowest BCUT2D eigenvalue weighted by Crippen LogP contribution is -2.13. The van der Waals surface area contributed by atoms with E-state index in [2.05, 4.69) is 20.8 Å². The number of carbonyl (C=O) groups is 1. The van der Waals surface area contributed by atoms with Crippen molar-refractivity contribution in [3.05, 3.63) is 70.1 Å². The predicted octanol–water partition coefficient (Wildman–Crippen LogP) is 5.49. The zero-order chi connectivity index (χ0) is 24.6. The molecule has 0 saturated carbocycles. The van der Waals surface area contributed by atoms with Gasteiger partial charge in [0, 0.05) is 16.8 Å². The molecule has 3 aromatic carbocycles. The summed E-state index contributed by atoms with van der Waals surface area (Å²) in [6.45, 7) is 6.31. The van der Waals surface area contributed by atoms with Gasteiger partial charge in [-0.15, -0.1) is 0 Å². The molecule has 1 aromatic heterocycles. The van der Waals surface area contributed by atoms with E-state index in [4.69, 9.17) is 23.4 Å². The molecule has 7 heteroatoms. The van der Waals surface area contributed by atoms with Gasteiger partial charge in [-0.3, -0.25) is 0 Å². The van der Waals surface area contributed by atoms with Crippen LogP contribution in [0.4, 0.5) is 0 Å². The summed E-state index contributed by atoms with van der Waals surface area (Å²) in [6.07, 6.45) is 0. The molecule has 0 saturated heterocycles. The zero-order valence-corrected chi connectivity index (χ0v) is 20.0. The van der Waals surface area contributed by atoms with Crippen molar-refractivity contribution in [3.63, 3.8) is 0 Å². The highest BCUT2D eigenvalue weighted by atomic mass is 16.5. The number of hydrogen-bond acceptors (Lipinski definition) is 7. The van der Waals surface area contributed by atoms with E-state index in [-0.39, 0.29) is 22.1 Å². The lowest BCUT2D eigenvalue weighted by atomic mass is 9.87. The zero-order valence-electron chi connectivity index (χ0n) is 20.0. The molecule has 1 heterocycles. The van der Waals surface area contributed by atoms with Crippen molar-refractivity contribution in [2.75, 3.05) is 21.3 Å². The molecule has 0 N–H and O–H groups in total. The van der Waals surface area contributed by atoms with Gasteiger partial charge in [-0.05, 0) is 41.3 Å². The van der Waals surface area contributed by atoms with Crippen LogP contribution < -0.4 is 24.6 Å². The molecule has 34 heavy (non-hydrogen) atoms. The number of ether oxygens (including phenoxy) is 4. The van der Waals surface area contributed by atoms with Crippen LogP contribution in [-0.2, 0) is 5.41 Å². The van der Waals surface area contributed by atoms with Crippen molar-refractivity contribution < 1.29 is 28.2 Å². The minimum Gasteiger partial charge on any atom is -0.493 e. The van der Waals surface area contributed by atoms with E-state index >= 15 is 0 Å². The Morgan fingerprint density at radius 1 is 0.824 bits per heavy atom. The van der Waals surface area contributed by atoms with Gasteiger partial charge in [0.05, 0.1) is 32.3 Å². The fourth-order valence-corrected chi connectivity index (χ4v) is 3.87. The molecule has 0 radical (unpaired) electrons. The Labute approximate surface area is 196 Å². The van der Waals surface area contributed by atoms with E-state index in [0.717, 1.165) is 5.56 Å². The number of rotatable bonds is 5. The van der Waals surface area contributed by atoms with Crippen LogP contribution in [0.1, 0.15) is 36.7 Å². The molecular weight excluding hydrogens is 436 g/mol. The van der Waals surface area contributed by atoms with E-state index in [9.17, 15) is 9.59 Å². The van der Waals surface area contributed by atoms with Gasteiger partial charge < -0.3 is 23.4 Å². The van der Waals surface area contributed by atoms with Gasteiger partial charge in [0.25, 0.3) is 0 Å². The second-order valence-electron chi connectivity index (χ2n) is 8.83. The van der Waals surface area contributed by atoms with Gasteiger partial charge >= 0.3 is 11.6 Å². The van der Waals surface area contributed by atoms with E-state index in [1.165, 1.54) is 27.4 Å². The van der Waals surface area contributed by atoms with E-state index in [1.807, 2.05) is 12.1 Å². The Bertz CT molecular complexity index is 1440. The second-order valence-corrected chi connectivity index (χ2v) is 8.83. The normalized spacial score (nSPS) is 11.5. The van der Waals surface area contributed by atoms with Crippen molar-refractivity contribution in [2.45, 2.75) is 26.2 Å². The number of esters is 1. The van der Waals surface area contributed by atoms with Crippen molar-refractivity contribution >= 4 is 27.7 Å². The Hall–Kier alpha value is -4.00. The van der Waals surface area contributed by atoms with Crippen LogP contribution in [0.15, 0.2) is 57.7 Å². The Morgan fingerprint density at radius 3 is 2.09 bits per heavy atom. The molecule has 0 spiro atoms. The topological polar surface area (TPSA) is 84.2 Å². The Morgan fingerprint density at radius 2 is 1.50 bits per heavy atom. The maximum atomic E-state index is 12.8. The van der Waals surface area contributed by atoms with Gasteiger partial charge in [-0.1, -0.05) is 32.9 Å². The van der Waals surface area contributed by atoms with Crippen LogP contribution in [0.2, 0.25) is 0 Å². The van der Waals surface area contributed by atoms with Crippen LogP contribution in [0, 0.1) is 0 Å². The third-order valence-corrected chi connectivity index (χ3v) is 5.67. The SMILES string of the molecule is COc1cc2c(=O)oc3cc(OC(=O)c4ccc(C(C)(C)C)cc4)ccc3c2c(OC)c1OC. The largest absolute Gasteiger partial charge is 0.493 e. The highest BCUT2D eigenvalue weighted by molar-refractivity contribution is 6.10. The molecule has 4 rings (SSSR count). The molecular formula is C27H26O7. The van der Waals surface area contributed by atoms with Gasteiger partial charge in [0.1, 0.15) is 11.3 Å². The van der Waals surface area contributed by atoms with E-state index in [1.54, 1.807) is 30.3 Å². The summed E-state index contributed by atoms with van der Waals surface area (Å²) in [5, 5.41) is 1.40. The highest BCUT2D eigenvalue weighted by Gasteiger charge is 2.22. The summed E-state index contributed by atoms with van der Waals surface area (Å²) in [6, 6.07) is 13.7. The number of methoxy groups -OCH3 is 3. The monoisotopic (exact) mass is 462 g/mol. The second kappa shape index (κ2) is 8.74. The van der Waals surface area contributed by atoms with E-state index < -0.39 is 11.6 Å². The summed E-state index contributed by atoms with van der Waals surface area (Å²) in [7, 11) is 4.45. The van der Waals surface area contributed by atoms with Crippen LogP contribution in [-0.4, -0.2) is 27.3 Å². The van der Waals surface area contributed by atoms with Crippen molar-refractivity contribution in [1.82, 2.24) is 0 Å². The Kier molecular flexibility index (Phi) is 5.96. The number of benzene rings is 3. The molecule has 176 valence electrons. The average Bonchev–Trinajstić information content (AvgIpc) is 2.82. The average molecular weight is 462 g/mol. The molecule has 0 atom stereocenters. The Balaban J connectivity index is 1.76. The highest BCUT2D eigenvalue weighted by Crippen LogP contribution is 2.45. The van der Waals surface area contributed by atoms with Crippen LogP contribution in [0.25, 0.3) is 21.7 Å². The van der Waals surface area contributed by atoms with Gasteiger partial charge in [-0.2, -0.15) is 0 Å². The van der Waals surface area contributed by atoms with Crippen LogP contribution >= 0.6 is 0 Å². The lowest BCUT2D eigenvalue weighted by Gasteiger charge is -2.18. The maximum Gasteiger partial charge on any atom is 0.344 e. The number of fused-ring (bicyclic) bond motifs is 3. The molecule has 0 aliphatic carbocycles. The first-order valence-electron chi connectivity index (χ1n) is 10.7. The van der Waals surface area contributed by atoms with Gasteiger partial charge in [0.2, 0.25) is 5.75 Å². The standard InChI is InChI=1S/C27H26O7/c1-27(2,3)16-9-7-15(8-10-16)25(28)33-17-11-12-18-20(13-17)34-26(29)19-14-21(30-4)23(31-5)24(32-6)22(18)19/h7-14H,1-6H3. The van der Waals surface area contributed by atoms with E-state index in [0.29, 0.717) is 33.6 Å². The summed E-state index contributed by atoms with van der Waals surface area (Å²) in [5.74, 6) is 0.796. The van der Waals surface area contributed by atoms with Gasteiger partial charge in [-0.25, -0.2) is 9.59 Å². The lowest BCUT2D eigenvalue weighted by molar-refractivity contribution is 0.0735. The smallest absolute Gasteiger partial charge is 0.344 e. The first-order valence-corrected chi connectivity index (χ1v) is 10.7. The molecule has 0 unspecified atom stereocenters. The van der Waals surface area contributed by atoms with Crippen molar-refractivity contribution in [3.8, 4) is 23.0 Å². The first-order chi connectivity index (χ1) is 16.2. The van der Waals surface area contributed by atoms with Crippen LogP contribution in [0.5, 0.6) is 23.0 Å². The fourth-order valence-electron chi connectivity index (χ4n) is 3.87. The summed E-state index contributed by atoms with van der Waals surface area (Å²) in [5.41, 5.74) is 1.19. The van der Waals surface area contributed by atoms with Crippen molar-refractivity contribution in [2.24, 2.45) is 0 Å². The minimum absolute atomic E-state index is 0.0190. The number of hydrogen-bond donors (Lipinski definition) is 0. The fraction of sp³-hybridized carbons (Fsp3) is 0.259. The van der Waals surface area contributed by atoms with Crippen molar-refractivity contribution in [1.29, 1.82) is 0 Å². The third kappa shape index (κ3) is 4.05. The molecule has 0 aliphatic heterocycles. The first kappa shape index (κ1) is 23.2. The molecule has 4 aromatic rings. The minimum atomic E-state index is -0.581. The predicted molar refractivity (Wildman–Crippen MR) is 130 cm³/mol. The van der Waals surface area contributed by atoms with Crippen LogP contribution in [0.3, 0.4) is 0 Å².